The zero-order chi connectivity index (χ0) is 28.3. The Morgan fingerprint density at radius 2 is 1.79 bits per heavy atom. The number of anilines is 2. The van der Waals surface area contributed by atoms with Gasteiger partial charge in [-0.1, -0.05) is 24.3 Å². The molecule has 0 aliphatic rings. The Balaban J connectivity index is 1.81. The first-order chi connectivity index (χ1) is 18.6. The number of primary amides is 1. The molecule has 202 valence electrons. The quantitative estimate of drug-likeness (QED) is 0.286. The van der Waals surface area contributed by atoms with E-state index in [-0.39, 0.29) is 28.6 Å². The Hall–Kier alpha value is -4.64. The first kappa shape index (κ1) is 27.4. The predicted octanol–water partition coefficient (Wildman–Crippen LogP) is 4.06. The number of nitrogen functional groups attached to an aromatic ring is 1. The van der Waals surface area contributed by atoms with Gasteiger partial charge in [0.1, 0.15) is 22.1 Å². The Bertz CT molecular complexity index is 1530. The fourth-order valence-corrected chi connectivity index (χ4v) is 4.85. The number of amides is 3. The predicted molar refractivity (Wildman–Crippen MR) is 149 cm³/mol. The number of ether oxygens (including phenoxy) is 1. The van der Waals surface area contributed by atoms with Crippen LogP contribution in [0.2, 0.25) is 0 Å². The van der Waals surface area contributed by atoms with Crippen LogP contribution in [-0.2, 0) is 11.3 Å². The first-order valence-corrected chi connectivity index (χ1v) is 12.8. The molecule has 0 aliphatic heterocycles. The average Bonchev–Trinajstić information content (AvgIpc) is 3.52. The summed E-state index contributed by atoms with van der Waals surface area (Å²) in [6, 6.07) is 14.9. The minimum absolute atomic E-state index is 0.0130. The molecule has 10 nitrogen and oxygen atoms in total. The van der Waals surface area contributed by atoms with E-state index in [4.69, 9.17) is 20.6 Å². The number of methoxy groups -OCH3 is 1. The second-order valence-electron chi connectivity index (χ2n) is 8.95. The van der Waals surface area contributed by atoms with Crippen LogP contribution in [0.3, 0.4) is 0 Å². The summed E-state index contributed by atoms with van der Waals surface area (Å²) < 4.78 is 15.1. The van der Waals surface area contributed by atoms with E-state index < -0.39 is 23.8 Å². The molecule has 0 fully saturated rings. The van der Waals surface area contributed by atoms with E-state index in [1.807, 2.05) is 32.0 Å². The van der Waals surface area contributed by atoms with Crippen LogP contribution in [0, 0.1) is 20.8 Å². The maximum Gasteiger partial charge on any atom is 0.273 e. The number of nitrogens with one attached hydrogen (secondary N) is 1. The lowest BCUT2D eigenvalue weighted by Crippen LogP contribution is -2.44. The van der Waals surface area contributed by atoms with Crippen molar-refractivity contribution in [2.24, 2.45) is 5.73 Å². The smallest absolute Gasteiger partial charge is 0.273 e. The lowest BCUT2D eigenvalue weighted by molar-refractivity contribution is -0.123. The van der Waals surface area contributed by atoms with Gasteiger partial charge < -0.3 is 25.9 Å². The number of nitrogens with zero attached hydrogens (tertiary/aromatic N) is 2. The summed E-state index contributed by atoms with van der Waals surface area (Å²) in [7, 11) is 1.58. The van der Waals surface area contributed by atoms with Gasteiger partial charge in [-0.2, -0.15) is 4.37 Å². The summed E-state index contributed by atoms with van der Waals surface area (Å²) in [5.74, 6) is -0.431. The van der Waals surface area contributed by atoms with Crippen LogP contribution in [0.1, 0.15) is 54.4 Å². The molecule has 0 saturated heterocycles. The highest BCUT2D eigenvalue weighted by Gasteiger charge is 2.38. The van der Waals surface area contributed by atoms with Crippen LogP contribution < -0.4 is 26.4 Å². The molecule has 2 aromatic heterocycles. The van der Waals surface area contributed by atoms with Crippen LogP contribution in [0.15, 0.2) is 59.0 Å². The van der Waals surface area contributed by atoms with Crippen molar-refractivity contribution in [1.29, 1.82) is 0 Å². The summed E-state index contributed by atoms with van der Waals surface area (Å²) in [5.41, 5.74) is 14.2. The molecular formula is C28H29N5O5S. The Morgan fingerprint density at radius 1 is 1.08 bits per heavy atom. The van der Waals surface area contributed by atoms with E-state index >= 15 is 0 Å². The Labute approximate surface area is 229 Å². The molecule has 0 radical (unpaired) electrons. The average molecular weight is 548 g/mol. The Kier molecular flexibility index (Phi) is 8.01. The van der Waals surface area contributed by atoms with Crippen molar-refractivity contribution < 1.29 is 23.5 Å². The highest BCUT2D eigenvalue weighted by Crippen LogP contribution is 2.36. The van der Waals surface area contributed by atoms with Gasteiger partial charge in [-0.05, 0) is 79.3 Å². The van der Waals surface area contributed by atoms with Gasteiger partial charge >= 0.3 is 0 Å². The summed E-state index contributed by atoms with van der Waals surface area (Å²) in [4.78, 5) is 41.2. The van der Waals surface area contributed by atoms with Gasteiger partial charge in [0.2, 0.25) is 0 Å². The van der Waals surface area contributed by atoms with E-state index in [1.54, 1.807) is 50.4 Å². The molecule has 5 N–H and O–H groups in total. The van der Waals surface area contributed by atoms with E-state index in [1.165, 1.54) is 4.90 Å². The van der Waals surface area contributed by atoms with Gasteiger partial charge in [-0.3, -0.25) is 19.3 Å². The van der Waals surface area contributed by atoms with Gasteiger partial charge in [0.05, 0.1) is 12.8 Å². The number of nitrogens with two attached hydrogens (primary N) is 2. The van der Waals surface area contributed by atoms with Gasteiger partial charge in [0, 0.05) is 12.2 Å². The topological polar surface area (TPSA) is 154 Å². The van der Waals surface area contributed by atoms with E-state index in [2.05, 4.69) is 9.69 Å². The van der Waals surface area contributed by atoms with E-state index in [9.17, 15) is 14.4 Å². The molecule has 0 bridgehead atoms. The van der Waals surface area contributed by atoms with Crippen LogP contribution in [0.25, 0.3) is 0 Å². The summed E-state index contributed by atoms with van der Waals surface area (Å²) in [5, 5.41) is 2.92. The Morgan fingerprint density at radius 3 is 2.38 bits per heavy atom. The molecule has 2 aromatic carbocycles. The van der Waals surface area contributed by atoms with Crippen LogP contribution in [0.4, 0.5) is 11.4 Å². The molecular weight excluding hydrogens is 518 g/mol. The van der Waals surface area contributed by atoms with Crippen molar-refractivity contribution in [2.75, 3.05) is 17.7 Å². The fraction of sp³-hybridized carbons (Fsp3) is 0.214. The third-order valence-corrected chi connectivity index (χ3v) is 7.22. The number of aromatic nitrogens is 1. The largest absolute Gasteiger partial charge is 0.497 e. The van der Waals surface area contributed by atoms with Gasteiger partial charge in [0.25, 0.3) is 17.7 Å². The SMILES string of the molecule is COc1ccc(CNC(=O)[C@@H](c2ccc(C)o2)N(C(=O)c2snc(C(N)=O)c2N)c2cccc(C)c2C)cc1. The standard InChI is InChI=1S/C28H29N5O5S/c1-15-6-5-7-20(17(15)3)33(28(36)25-22(29)23(26(30)34)32-39-25)24(21-13-8-16(2)38-21)27(35)31-14-18-9-11-19(37-4)12-10-18/h5-13,24H,14,29H2,1-4H3,(H2,30,34)(H,31,35)/t24-/m1/s1. The van der Waals surface area contributed by atoms with E-state index in [0.717, 1.165) is 28.2 Å². The van der Waals surface area contributed by atoms with Crippen molar-refractivity contribution in [3.63, 3.8) is 0 Å². The maximum atomic E-state index is 14.2. The second kappa shape index (κ2) is 11.4. The number of carbonyl (C=O) groups excluding carboxylic acids is 3. The molecule has 2 heterocycles. The fourth-order valence-electron chi connectivity index (χ4n) is 4.10. The number of hydrogen-bond acceptors (Lipinski definition) is 8. The molecule has 0 saturated carbocycles. The molecule has 3 amide bonds. The number of benzene rings is 2. The minimum Gasteiger partial charge on any atom is -0.497 e. The second-order valence-corrected chi connectivity index (χ2v) is 9.72. The maximum absolute atomic E-state index is 14.2. The number of carbonyl (C=O) groups is 3. The highest BCUT2D eigenvalue weighted by molar-refractivity contribution is 7.09. The molecule has 39 heavy (non-hydrogen) atoms. The van der Waals surface area contributed by atoms with Crippen molar-refractivity contribution in [3.8, 4) is 5.75 Å². The molecule has 4 aromatic rings. The monoisotopic (exact) mass is 547 g/mol. The van der Waals surface area contributed by atoms with E-state index in [0.29, 0.717) is 17.2 Å². The highest BCUT2D eigenvalue weighted by atomic mass is 32.1. The molecule has 11 heteroatoms. The number of hydrogen-bond donors (Lipinski definition) is 3. The number of aryl methyl sites for hydroxylation is 2. The van der Waals surface area contributed by atoms with Gasteiger partial charge in [-0.15, -0.1) is 0 Å². The van der Waals surface area contributed by atoms with Crippen LogP contribution in [-0.4, -0.2) is 29.2 Å². The lowest BCUT2D eigenvalue weighted by Gasteiger charge is -2.31. The van der Waals surface area contributed by atoms with Crippen LogP contribution >= 0.6 is 11.5 Å². The normalized spacial score (nSPS) is 11.6. The zero-order valence-electron chi connectivity index (χ0n) is 22.0. The van der Waals surface area contributed by atoms with Crippen molar-refractivity contribution in [3.05, 3.63) is 93.4 Å². The third kappa shape index (κ3) is 5.63. The van der Waals surface area contributed by atoms with Gasteiger partial charge in [0.15, 0.2) is 11.7 Å². The summed E-state index contributed by atoms with van der Waals surface area (Å²) >= 11 is 0.748. The van der Waals surface area contributed by atoms with Crippen molar-refractivity contribution >= 4 is 40.6 Å². The lowest BCUT2D eigenvalue weighted by atomic mass is 10.0. The first-order valence-electron chi connectivity index (χ1n) is 12.0. The molecule has 1 atom stereocenters. The number of rotatable bonds is 9. The number of furan rings is 1. The minimum atomic E-state index is -1.21. The van der Waals surface area contributed by atoms with Crippen molar-refractivity contribution in [1.82, 2.24) is 9.69 Å². The molecule has 0 unspecified atom stereocenters. The van der Waals surface area contributed by atoms with Crippen LogP contribution in [0.5, 0.6) is 5.75 Å². The summed E-state index contributed by atoms with van der Waals surface area (Å²) in [6.07, 6.45) is 0. The van der Waals surface area contributed by atoms with Crippen molar-refractivity contribution in [2.45, 2.75) is 33.4 Å². The molecule has 0 aliphatic carbocycles. The summed E-state index contributed by atoms with van der Waals surface area (Å²) in [6.45, 7) is 5.71. The zero-order valence-corrected chi connectivity index (χ0v) is 22.8. The third-order valence-electron chi connectivity index (χ3n) is 6.37. The van der Waals surface area contributed by atoms with Gasteiger partial charge in [-0.25, -0.2) is 0 Å². The molecule has 0 spiro atoms. The molecule has 4 rings (SSSR count).